The Balaban J connectivity index is 1.66. The number of aliphatic hydroxyl groups excluding tert-OH is 1. The van der Waals surface area contributed by atoms with E-state index in [9.17, 15) is 5.11 Å². The van der Waals surface area contributed by atoms with Crippen LogP contribution in [0.2, 0.25) is 0 Å². The first-order valence-electron chi connectivity index (χ1n) is 6.94. The lowest BCUT2D eigenvalue weighted by molar-refractivity contribution is 0.0493. The van der Waals surface area contributed by atoms with Crippen molar-refractivity contribution in [3.63, 3.8) is 0 Å². The Morgan fingerprint density at radius 1 is 1.33 bits per heavy atom. The molecule has 1 spiro atoms. The van der Waals surface area contributed by atoms with E-state index in [1.165, 1.54) is 12.0 Å². The number of likely N-dealkylation sites (tertiary alicyclic amines) is 1. The second kappa shape index (κ2) is 5.00. The van der Waals surface area contributed by atoms with Crippen LogP contribution in [0.15, 0.2) is 30.3 Å². The fourth-order valence-corrected chi connectivity index (χ4v) is 3.43. The van der Waals surface area contributed by atoms with Crippen molar-refractivity contribution in [2.75, 3.05) is 26.2 Å². The van der Waals surface area contributed by atoms with E-state index < -0.39 is 0 Å². The van der Waals surface area contributed by atoms with Gasteiger partial charge in [0.15, 0.2) is 0 Å². The van der Waals surface area contributed by atoms with Crippen LogP contribution in [0.4, 0.5) is 0 Å². The van der Waals surface area contributed by atoms with E-state index in [0.29, 0.717) is 0 Å². The normalized spacial score (nSPS) is 33.1. The molecule has 3 heteroatoms. The Morgan fingerprint density at radius 2 is 2.17 bits per heavy atom. The molecule has 2 saturated heterocycles. The molecule has 0 amide bonds. The summed E-state index contributed by atoms with van der Waals surface area (Å²) in [5.41, 5.74) is 1.44. The highest BCUT2D eigenvalue weighted by molar-refractivity contribution is 5.15. The van der Waals surface area contributed by atoms with Crippen LogP contribution in [0.5, 0.6) is 0 Å². The third-order valence-corrected chi connectivity index (χ3v) is 4.43. The van der Waals surface area contributed by atoms with Gasteiger partial charge in [0.2, 0.25) is 0 Å². The van der Waals surface area contributed by atoms with Gasteiger partial charge in [-0.05, 0) is 24.9 Å². The van der Waals surface area contributed by atoms with E-state index in [4.69, 9.17) is 0 Å². The minimum absolute atomic E-state index is 0.104. The molecule has 2 unspecified atom stereocenters. The molecule has 2 aliphatic rings. The maximum absolute atomic E-state index is 10.4. The third-order valence-electron chi connectivity index (χ3n) is 4.43. The van der Waals surface area contributed by atoms with Crippen molar-refractivity contribution in [2.24, 2.45) is 5.41 Å². The minimum Gasteiger partial charge on any atom is -0.391 e. The summed E-state index contributed by atoms with van der Waals surface area (Å²) in [6, 6.07) is 10.5. The molecule has 18 heavy (non-hydrogen) atoms. The van der Waals surface area contributed by atoms with Crippen LogP contribution in [0.25, 0.3) is 0 Å². The van der Waals surface area contributed by atoms with Gasteiger partial charge in [0.25, 0.3) is 0 Å². The summed E-state index contributed by atoms with van der Waals surface area (Å²) in [5.74, 6) is 0. The number of hydrogen-bond acceptors (Lipinski definition) is 3. The predicted octanol–water partition coefficient (Wildman–Crippen LogP) is 1.23. The molecule has 2 N–H and O–H groups in total. The molecule has 0 bridgehead atoms. The average molecular weight is 246 g/mol. The fraction of sp³-hybridized carbons (Fsp3) is 0.600. The van der Waals surface area contributed by atoms with E-state index in [1.807, 2.05) is 0 Å². The van der Waals surface area contributed by atoms with Gasteiger partial charge in [-0.25, -0.2) is 0 Å². The molecule has 98 valence electrons. The van der Waals surface area contributed by atoms with Gasteiger partial charge >= 0.3 is 0 Å². The SMILES string of the molecule is OC1CN(Cc2ccccc2)CC12CCCNC2. The molecule has 2 atom stereocenters. The summed E-state index contributed by atoms with van der Waals surface area (Å²) < 4.78 is 0. The second-order valence-corrected chi connectivity index (χ2v) is 5.81. The number of nitrogens with one attached hydrogen (secondary N) is 1. The molecule has 2 fully saturated rings. The molecule has 1 aromatic carbocycles. The number of nitrogens with zero attached hydrogens (tertiary/aromatic N) is 1. The highest BCUT2D eigenvalue weighted by Crippen LogP contribution is 2.37. The minimum atomic E-state index is -0.172. The summed E-state index contributed by atoms with van der Waals surface area (Å²) in [4.78, 5) is 2.40. The summed E-state index contributed by atoms with van der Waals surface area (Å²) >= 11 is 0. The van der Waals surface area contributed by atoms with Gasteiger partial charge in [-0.2, -0.15) is 0 Å². The lowest BCUT2D eigenvalue weighted by Crippen LogP contribution is -2.47. The van der Waals surface area contributed by atoms with Gasteiger partial charge in [-0.3, -0.25) is 4.90 Å². The van der Waals surface area contributed by atoms with Gasteiger partial charge < -0.3 is 10.4 Å². The van der Waals surface area contributed by atoms with Gasteiger partial charge in [0, 0.05) is 31.6 Å². The molecule has 2 aliphatic heterocycles. The van der Waals surface area contributed by atoms with Crippen LogP contribution in [0.3, 0.4) is 0 Å². The summed E-state index contributed by atoms with van der Waals surface area (Å²) in [7, 11) is 0. The van der Waals surface area contributed by atoms with Crippen LogP contribution in [-0.4, -0.2) is 42.3 Å². The standard InChI is InChI=1S/C15H22N2O/c18-14-10-17(9-13-5-2-1-3-6-13)12-15(14)7-4-8-16-11-15/h1-3,5-6,14,16,18H,4,7-12H2. The van der Waals surface area contributed by atoms with Crippen molar-refractivity contribution < 1.29 is 5.11 Å². The number of β-amino-alcohol motifs (C(OH)–C–C–N with tert-alkyl or cyclic N) is 1. The molecule has 0 aromatic heterocycles. The molecule has 1 aromatic rings. The summed E-state index contributed by atoms with van der Waals surface area (Å²) in [6.07, 6.45) is 2.18. The Bertz CT molecular complexity index is 387. The van der Waals surface area contributed by atoms with Crippen LogP contribution >= 0.6 is 0 Å². The fourth-order valence-electron chi connectivity index (χ4n) is 3.43. The van der Waals surface area contributed by atoms with Gasteiger partial charge in [-0.15, -0.1) is 0 Å². The first-order chi connectivity index (χ1) is 8.78. The van der Waals surface area contributed by atoms with Crippen molar-refractivity contribution in [2.45, 2.75) is 25.5 Å². The largest absolute Gasteiger partial charge is 0.391 e. The average Bonchev–Trinajstić information content (AvgIpc) is 2.68. The van der Waals surface area contributed by atoms with Crippen molar-refractivity contribution in [3.05, 3.63) is 35.9 Å². The number of piperidine rings is 1. The smallest absolute Gasteiger partial charge is 0.0747 e. The van der Waals surface area contributed by atoms with Crippen LogP contribution in [0, 0.1) is 5.41 Å². The molecule has 0 saturated carbocycles. The zero-order valence-corrected chi connectivity index (χ0v) is 10.8. The van der Waals surface area contributed by atoms with E-state index in [0.717, 1.165) is 39.1 Å². The maximum atomic E-state index is 10.4. The highest BCUT2D eigenvalue weighted by Gasteiger charge is 2.45. The quantitative estimate of drug-likeness (QED) is 0.824. The lowest BCUT2D eigenvalue weighted by Gasteiger charge is -2.36. The molecule has 3 rings (SSSR count). The highest BCUT2D eigenvalue weighted by atomic mass is 16.3. The second-order valence-electron chi connectivity index (χ2n) is 5.81. The Kier molecular flexibility index (Phi) is 3.37. The molecule has 0 aliphatic carbocycles. The Morgan fingerprint density at radius 3 is 2.89 bits per heavy atom. The van der Waals surface area contributed by atoms with Crippen molar-refractivity contribution in [1.29, 1.82) is 0 Å². The van der Waals surface area contributed by atoms with Crippen molar-refractivity contribution >= 4 is 0 Å². The Hall–Kier alpha value is -0.900. The zero-order chi connectivity index (χ0) is 12.4. The van der Waals surface area contributed by atoms with Gasteiger partial charge in [0.1, 0.15) is 0 Å². The predicted molar refractivity (Wildman–Crippen MR) is 72.3 cm³/mol. The molecule has 0 radical (unpaired) electrons. The van der Waals surface area contributed by atoms with Crippen molar-refractivity contribution in [3.8, 4) is 0 Å². The molecule has 3 nitrogen and oxygen atoms in total. The van der Waals surface area contributed by atoms with E-state index in [2.05, 4.69) is 40.5 Å². The monoisotopic (exact) mass is 246 g/mol. The van der Waals surface area contributed by atoms with Gasteiger partial charge in [0.05, 0.1) is 6.10 Å². The van der Waals surface area contributed by atoms with Crippen LogP contribution in [-0.2, 0) is 6.54 Å². The number of benzene rings is 1. The van der Waals surface area contributed by atoms with Crippen LogP contribution in [0.1, 0.15) is 18.4 Å². The zero-order valence-electron chi connectivity index (χ0n) is 10.8. The Labute approximate surface area is 109 Å². The van der Waals surface area contributed by atoms with E-state index in [1.54, 1.807) is 0 Å². The topological polar surface area (TPSA) is 35.5 Å². The molecular weight excluding hydrogens is 224 g/mol. The number of hydrogen-bond donors (Lipinski definition) is 2. The first kappa shape index (κ1) is 12.2. The third kappa shape index (κ3) is 2.30. The lowest BCUT2D eigenvalue weighted by atomic mass is 9.78. The van der Waals surface area contributed by atoms with E-state index in [-0.39, 0.29) is 11.5 Å². The van der Waals surface area contributed by atoms with Crippen LogP contribution < -0.4 is 5.32 Å². The summed E-state index contributed by atoms with van der Waals surface area (Å²) in [5, 5.41) is 13.8. The maximum Gasteiger partial charge on any atom is 0.0747 e. The number of aliphatic hydroxyl groups is 1. The molecule has 2 heterocycles. The van der Waals surface area contributed by atoms with E-state index >= 15 is 0 Å². The van der Waals surface area contributed by atoms with Gasteiger partial charge in [-0.1, -0.05) is 30.3 Å². The summed E-state index contributed by atoms with van der Waals surface area (Å²) in [6.45, 7) is 4.87. The first-order valence-corrected chi connectivity index (χ1v) is 6.94. The molecular formula is C15H22N2O. The number of rotatable bonds is 2. The van der Waals surface area contributed by atoms with Crippen molar-refractivity contribution in [1.82, 2.24) is 10.2 Å².